The maximum Gasteiger partial charge on any atom is 0.167 e. The minimum absolute atomic E-state index is 0.0904. The van der Waals surface area contributed by atoms with E-state index in [-0.39, 0.29) is 6.29 Å². The molecular formula is C10H21BrO2. The molecule has 0 fully saturated rings. The molecule has 0 saturated carbocycles. The molecule has 0 heterocycles. The van der Waals surface area contributed by atoms with Crippen molar-refractivity contribution >= 4 is 15.9 Å². The van der Waals surface area contributed by atoms with Gasteiger partial charge in [-0.05, 0) is 18.8 Å². The van der Waals surface area contributed by atoms with Gasteiger partial charge < -0.3 is 9.47 Å². The Morgan fingerprint density at radius 3 is 2.23 bits per heavy atom. The Balaban J connectivity index is 3.49. The van der Waals surface area contributed by atoms with Crippen LogP contribution in [0.3, 0.4) is 0 Å². The lowest BCUT2D eigenvalue weighted by atomic mass is 9.93. The number of halogens is 1. The molecule has 0 N–H and O–H groups in total. The second-order valence-corrected chi connectivity index (χ2v) is 4.87. The molecule has 2 nitrogen and oxygen atoms in total. The van der Waals surface area contributed by atoms with E-state index < -0.39 is 0 Å². The molecule has 0 aliphatic carbocycles. The molecule has 13 heavy (non-hydrogen) atoms. The van der Waals surface area contributed by atoms with Crippen LogP contribution in [-0.4, -0.2) is 24.8 Å². The lowest BCUT2D eigenvalue weighted by Gasteiger charge is -2.20. The summed E-state index contributed by atoms with van der Waals surface area (Å²) in [5, 5.41) is 0.741. The van der Waals surface area contributed by atoms with Crippen molar-refractivity contribution in [2.24, 2.45) is 5.41 Å². The van der Waals surface area contributed by atoms with Crippen LogP contribution in [0.5, 0.6) is 0 Å². The van der Waals surface area contributed by atoms with Crippen LogP contribution in [0.1, 0.15) is 34.1 Å². The van der Waals surface area contributed by atoms with Crippen LogP contribution in [0.25, 0.3) is 0 Å². The average Bonchev–Trinajstić information content (AvgIpc) is 2.01. The molecule has 0 bridgehead atoms. The van der Waals surface area contributed by atoms with Crippen molar-refractivity contribution in [2.75, 3.05) is 18.5 Å². The molecule has 0 radical (unpaired) electrons. The normalized spacial score (nSPS) is 14.5. The van der Waals surface area contributed by atoms with Gasteiger partial charge in [-0.3, -0.25) is 0 Å². The predicted molar refractivity (Wildman–Crippen MR) is 59.2 cm³/mol. The predicted octanol–water partition coefficient (Wildman–Crippen LogP) is 3.20. The Hall–Kier alpha value is 0.400. The topological polar surface area (TPSA) is 18.5 Å². The van der Waals surface area contributed by atoms with Gasteiger partial charge in [0.25, 0.3) is 0 Å². The number of hydrogen-bond donors (Lipinski definition) is 0. The summed E-state index contributed by atoms with van der Waals surface area (Å²) in [6.45, 7) is 10.1. The summed E-state index contributed by atoms with van der Waals surface area (Å²) >= 11 is 3.35. The van der Waals surface area contributed by atoms with Crippen molar-refractivity contribution in [1.82, 2.24) is 0 Å². The first kappa shape index (κ1) is 13.4. The fraction of sp³-hybridized carbons (Fsp3) is 1.00. The maximum atomic E-state index is 5.54. The number of rotatable bonds is 6. The average molecular weight is 253 g/mol. The van der Waals surface area contributed by atoms with Gasteiger partial charge in [-0.1, -0.05) is 36.7 Å². The molecule has 0 saturated heterocycles. The first-order valence-corrected chi connectivity index (χ1v) is 5.91. The Bertz CT molecular complexity index is 121. The molecular weight excluding hydrogens is 232 g/mol. The van der Waals surface area contributed by atoms with Gasteiger partial charge in [0, 0.05) is 6.61 Å². The van der Waals surface area contributed by atoms with Crippen molar-refractivity contribution in [3.63, 3.8) is 0 Å². The van der Waals surface area contributed by atoms with E-state index in [1.54, 1.807) is 0 Å². The largest absolute Gasteiger partial charge is 0.352 e. The lowest BCUT2D eigenvalue weighted by Crippen LogP contribution is -2.21. The van der Waals surface area contributed by atoms with E-state index in [0.717, 1.165) is 18.4 Å². The highest BCUT2D eigenvalue weighted by Crippen LogP contribution is 2.18. The quantitative estimate of drug-likeness (QED) is 0.534. The molecule has 1 atom stereocenters. The minimum Gasteiger partial charge on any atom is -0.352 e. The molecule has 0 aliphatic rings. The molecule has 80 valence electrons. The van der Waals surface area contributed by atoms with Crippen molar-refractivity contribution in [1.29, 1.82) is 0 Å². The first-order valence-electron chi connectivity index (χ1n) is 4.78. The van der Waals surface area contributed by atoms with E-state index in [1.165, 1.54) is 0 Å². The number of alkyl halides is 1. The van der Waals surface area contributed by atoms with Crippen LogP contribution in [0.2, 0.25) is 0 Å². The Labute approximate surface area is 90.1 Å². The zero-order chi connectivity index (χ0) is 10.3. The van der Waals surface area contributed by atoms with Crippen LogP contribution in [0.4, 0.5) is 0 Å². The molecule has 3 heteroatoms. The third-order valence-electron chi connectivity index (χ3n) is 1.63. The Morgan fingerprint density at radius 2 is 1.85 bits per heavy atom. The van der Waals surface area contributed by atoms with Gasteiger partial charge in [0.2, 0.25) is 0 Å². The van der Waals surface area contributed by atoms with Crippen LogP contribution in [0.15, 0.2) is 0 Å². The zero-order valence-corrected chi connectivity index (χ0v) is 10.7. The van der Waals surface area contributed by atoms with Crippen molar-refractivity contribution in [3.05, 3.63) is 0 Å². The fourth-order valence-electron chi connectivity index (χ4n) is 0.820. The number of ether oxygens (including phenoxy) is 2. The fourth-order valence-corrected chi connectivity index (χ4v) is 1.19. The Kier molecular flexibility index (Phi) is 7.00. The molecule has 0 aromatic rings. The van der Waals surface area contributed by atoms with Crippen LogP contribution in [0, 0.1) is 5.41 Å². The lowest BCUT2D eigenvalue weighted by molar-refractivity contribution is -0.126. The van der Waals surface area contributed by atoms with Crippen molar-refractivity contribution in [3.8, 4) is 0 Å². The van der Waals surface area contributed by atoms with Crippen molar-refractivity contribution in [2.45, 2.75) is 40.4 Å². The summed E-state index contributed by atoms with van der Waals surface area (Å²) in [6, 6.07) is 0. The second-order valence-electron chi connectivity index (χ2n) is 4.22. The zero-order valence-electron chi connectivity index (χ0n) is 9.10. The Morgan fingerprint density at radius 1 is 1.23 bits per heavy atom. The van der Waals surface area contributed by atoms with Gasteiger partial charge in [0.15, 0.2) is 6.29 Å². The summed E-state index contributed by atoms with van der Waals surface area (Å²) < 4.78 is 10.9. The van der Waals surface area contributed by atoms with E-state index >= 15 is 0 Å². The third-order valence-corrected chi connectivity index (χ3v) is 2.16. The van der Waals surface area contributed by atoms with E-state index in [1.807, 2.05) is 6.92 Å². The smallest absolute Gasteiger partial charge is 0.167 e. The summed E-state index contributed by atoms with van der Waals surface area (Å²) in [5.41, 5.74) is 0.336. The number of hydrogen-bond acceptors (Lipinski definition) is 2. The van der Waals surface area contributed by atoms with Gasteiger partial charge in [-0.15, -0.1) is 0 Å². The third kappa shape index (κ3) is 8.72. The van der Waals surface area contributed by atoms with Gasteiger partial charge in [-0.2, -0.15) is 0 Å². The molecule has 0 aliphatic heterocycles. The van der Waals surface area contributed by atoms with Crippen LogP contribution < -0.4 is 0 Å². The van der Waals surface area contributed by atoms with Crippen LogP contribution >= 0.6 is 15.9 Å². The summed E-state index contributed by atoms with van der Waals surface area (Å²) in [4.78, 5) is 0. The summed E-state index contributed by atoms with van der Waals surface area (Å²) in [5.74, 6) is 0. The summed E-state index contributed by atoms with van der Waals surface area (Å²) in [6.07, 6.45) is 0.969. The van der Waals surface area contributed by atoms with Gasteiger partial charge >= 0.3 is 0 Å². The van der Waals surface area contributed by atoms with E-state index in [0.29, 0.717) is 12.0 Å². The molecule has 0 aromatic heterocycles. The second kappa shape index (κ2) is 6.80. The van der Waals surface area contributed by atoms with Crippen molar-refractivity contribution < 1.29 is 9.47 Å². The summed E-state index contributed by atoms with van der Waals surface area (Å²) in [7, 11) is 0. The molecule has 0 spiro atoms. The minimum atomic E-state index is -0.0904. The van der Waals surface area contributed by atoms with Gasteiger partial charge in [0.1, 0.15) is 0 Å². The van der Waals surface area contributed by atoms with E-state index in [9.17, 15) is 0 Å². The van der Waals surface area contributed by atoms with E-state index in [2.05, 4.69) is 36.7 Å². The molecule has 0 aromatic carbocycles. The first-order chi connectivity index (χ1) is 5.99. The molecule has 0 amide bonds. The molecule has 0 rings (SSSR count). The highest BCUT2D eigenvalue weighted by molar-refractivity contribution is 9.09. The highest BCUT2D eigenvalue weighted by Gasteiger charge is 2.12. The standard InChI is InChI=1S/C10H21BrO2/c1-5-12-9(8-11)13-7-6-10(2,3)4/h9H,5-8H2,1-4H3. The SMILES string of the molecule is CCOC(CBr)OCCC(C)(C)C. The molecule has 1 unspecified atom stereocenters. The van der Waals surface area contributed by atoms with Gasteiger partial charge in [0.05, 0.1) is 11.9 Å². The van der Waals surface area contributed by atoms with Crippen LogP contribution in [-0.2, 0) is 9.47 Å². The maximum absolute atomic E-state index is 5.54. The van der Waals surface area contributed by atoms with E-state index in [4.69, 9.17) is 9.47 Å². The monoisotopic (exact) mass is 252 g/mol. The highest BCUT2D eigenvalue weighted by atomic mass is 79.9. The van der Waals surface area contributed by atoms with Gasteiger partial charge in [-0.25, -0.2) is 0 Å².